The number of thiophene rings is 1. The molecular formula is C19H17N3O4S. The van der Waals surface area contributed by atoms with E-state index in [1.807, 2.05) is 5.38 Å². The van der Waals surface area contributed by atoms with E-state index in [4.69, 9.17) is 4.42 Å². The zero-order valence-electron chi connectivity index (χ0n) is 14.7. The lowest BCUT2D eigenvalue weighted by molar-refractivity contribution is 0.0845. The Bertz CT molecular complexity index is 992. The first-order chi connectivity index (χ1) is 12.9. The van der Waals surface area contributed by atoms with Gasteiger partial charge in [-0.05, 0) is 49.6 Å². The van der Waals surface area contributed by atoms with Crippen molar-refractivity contribution in [2.45, 2.75) is 13.8 Å². The lowest BCUT2D eigenvalue weighted by Crippen LogP contribution is -2.41. The van der Waals surface area contributed by atoms with Crippen LogP contribution in [0.3, 0.4) is 0 Å². The molecule has 0 saturated heterocycles. The average molecular weight is 383 g/mol. The van der Waals surface area contributed by atoms with Crippen molar-refractivity contribution in [1.82, 2.24) is 10.9 Å². The highest BCUT2D eigenvalue weighted by molar-refractivity contribution is 7.12. The number of hydrogen-bond donors (Lipinski definition) is 3. The van der Waals surface area contributed by atoms with Gasteiger partial charge in [-0.3, -0.25) is 25.2 Å². The average Bonchev–Trinajstić information content (AvgIpc) is 3.29. The Morgan fingerprint density at radius 1 is 0.926 bits per heavy atom. The molecule has 0 aliphatic carbocycles. The zero-order chi connectivity index (χ0) is 19.4. The van der Waals surface area contributed by atoms with E-state index in [9.17, 15) is 14.4 Å². The van der Waals surface area contributed by atoms with Crippen LogP contribution in [-0.2, 0) is 0 Å². The zero-order valence-corrected chi connectivity index (χ0v) is 15.5. The molecule has 3 N–H and O–H groups in total. The Balaban J connectivity index is 1.62. The monoisotopic (exact) mass is 383 g/mol. The Morgan fingerprint density at radius 3 is 2.37 bits per heavy atom. The molecule has 0 atom stereocenters. The number of amides is 3. The number of carbonyl (C=O) groups is 3. The predicted octanol–water partition coefficient (Wildman–Crippen LogP) is 3.29. The van der Waals surface area contributed by atoms with Crippen LogP contribution in [0, 0.1) is 13.8 Å². The normalized spacial score (nSPS) is 10.3. The van der Waals surface area contributed by atoms with Gasteiger partial charge in [-0.2, -0.15) is 0 Å². The number of benzene rings is 1. The van der Waals surface area contributed by atoms with Gasteiger partial charge in [-0.1, -0.05) is 12.1 Å². The first-order valence-electron chi connectivity index (χ1n) is 8.06. The first-order valence-corrected chi connectivity index (χ1v) is 8.94. The molecule has 0 fully saturated rings. The van der Waals surface area contributed by atoms with Crippen LogP contribution in [0.5, 0.6) is 0 Å². The minimum atomic E-state index is -0.506. The maximum Gasteiger partial charge on any atom is 0.273 e. The van der Waals surface area contributed by atoms with Gasteiger partial charge in [0.25, 0.3) is 17.7 Å². The molecule has 0 unspecified atom stereocenters. The minimum Gasteiger partial charge on any atom is -0.466 e. The van der Waals surface area contributed by atoms with Crippen LogP contribution >= 0.6 is 11.3 Å². The SMILES string of the molecule is Cc1cc(C(=O)NNC(=O)c2cccc(NC(=O)c3cccs3)c2)c(C)o1. The molecule has 138 valence electrons. The maximum atomic E-state index is 12.3. The number of rotatable bonds is 4. The van der Waals surface area contributed by atoms with Crippen molar-refractivity contribution in [3.63, 3.8) is 0 Å². The summed E-state index contributed by atoms with van der Waals surface area (Å²) >= 11 is 1.33. The van der Waals surface area contributed by atoms with E-state index >= 15 is 0 Å². The number of anilines is 1. The fourth-order valence-corrected chi connectivity index (χ4v) is 3.07. The largest absolute Gasteiger partial charge is 0.466 e. The molecule has 0 aliphatic rings. The number of carbonyl (C=O) groups excluding carboxylic acids is 3. The number of hydrogen-bond acceptors (Lipinski definition) is 5. The fourth-order valence-electron chi connectivity index (χ4n) is 2.45. The summed E-state index contributed by atoms with van der Waals surface area (Å²) in [5.41, 5.74) is 5.82. The van der Waals surface area contributed by atoms with E-state index in [-0.39, 0.29) is 5.91 Å². The van der Waals surface area contributed by atoms with Gasteiger partial charge in [0, 0.05) is 11.3 Å². The highest BCUT2D eigenvalue weighted by Gasteiger charge is 2.15. The van der Waals surface area contributed by atoms with Crippen LogP contribution < -0.4 is 16.2 Å². The molecule has 0 radical (unpaired) electrons. The summed E-state index contributed by atoms with van der Waals surface area (Å²) < 4.78 is 5.30. The molecule has 0 saturated carbocycles. The molecule has 7 nitrogen and oxygen atoms in total. The standard InChI is InChI=1S/C19H17N3O4S/c1-11-9-15(12(2)26-11)18(24)22-21-17(23)13-5-3-6-14(10-13)20-19(25)16-7-4-8-27-16/h3-10H,1-2H3,(H,20,25)(H,21,23)(H,22,24). The molecule has 1 aromatic carbocycles. The van der Waals surface area contributed by atoms with Gasteiger partial charge in [-0.25, -0.2) is 0 Å². The minimum absolute atomic E-state index is 0.248. The second kappa shape index (κ2) is 7.88. The predicted molar refractivity (Wildman–Crippen MR) is 102 cm³/mol. The first kappa shape index (κ1) is 18.4. The Hall–Kier alpha value is -3.39. The van der Waals surface area contributed by atoms with Crippen molar-refractivity contribution >= 4 is 34.7 Å². The molecule has 2 aromatic heterocycles. The Morgan fingerprint density at radius 2 is 1.70 bits per heavy atom. The Labute approximate surface area is 159 Å². The second-order valence-electron chi connectivity index (χ2n) is 5.75. The van der Waals surface area contributed by atoms with E-state index < -0.39 is 11.8 Å². The lowest BCUT2D eigenvalue weighted by atomic mass is 10.2. The summed E-state index contributed by atoms with van der Waals surface area (Å²) in [6.07, 6.45) is 0. The van der Waals surface area contributed by atoms with Crippen LogP contribution in [0.4, 0.5) is 5.69 Å². The van der Waals surface area contributed by atoms with E-state index in [0.29, 0.717) is 33.2 Å². The van der Waals surface area contributed by atoms with Crippen molar-refractivity contribution in [3.8, 4) is 0 Å². The van der Waals surface area contributed by atoms with Gasteiger partial charge in [0.05, 0.1) is 10.4 Å². The molecule has 3 aromatic rings. The third-order valence-corrected chi connectivity index (χ3v) is 4.57. The Kier molecular flexibility index (Phi) is 5.37. The molecular weight excluding hydrogens is 366 g/mol. The molecule has 0 aliphatic heterocycles. The summed E-state index contributed by atoms with van der Waals surface area (Å²) in [7, 11) is 0. The quantitative estimate of drug-likeness (QED) is 0.602. The number of hydrazine groups is 1. The van der Waals surface area contributed by atoms with Gasteiger partial charge in [-0.15, -0.1) is 11.3 Å². The second-order valence-corrected chi connectivity index (χ2v) is 6.70. The van der Waals surface area contributed by atoms with E-state index in [2.05, 4.69) is 16.2 Å². The molecule has 3 rings (SSSR count). The van der Waals surface area contributed by atoms with Crippen LogP contribution in [0.1, 0.15) is 41.9 Å². The van der Waals surface area contributed by atoms with Gasteiger partial charge in [0.2, 0.25) is 0 Å². The highest BCUT2D eigenvalue weighted by Crippen LogP contribution is 2.15. The van der Waals surface area contributed by atoms with Crippen LogP contribution in [0.2, 0.25) is 0 Å². The molecule has 27 heavy (non-hydrogen) atoms. The van der Waals surface area contributed by atoms with E-state index in [1.54, 1.807) is 50.2 Å². The number of furan rings is 1. The summed E-state index contributed by atoms with van der Waals surface area (Å²) in [5.74, 6) is -0.148. The fraction of sp³-hybridized carbons (Fsp3) is 0.105. The molecule has 8 heteroatoms. The van der Waals surface area contributed by atoms with Crippen molar-refractivity contribution < 1.29 is 18.8 Å². The highest BCUT2D eigenvalue weighted by atomic mass is 32.1. The van der Waals surface area contributed by atoms with Crippen LogP contribution in [0.15, 0.2) is 52.3 Å². The molecule has 0 bridgehead atoms. The summed E-state index contributed by atoms with van der Waals surface area (Å²) in [4.78, 5) is 37.1. The maximum absolute atomic E-state index is 12.3. The lowest BCUT2D eigenvalue weighted by Gasteiger charge is -2.09. The van der Waals surface area contributed by atoms with Crippen molar-refractivity contribution in [2.75, 3.05) is 5.32 Å². The molecule has 3 amide bonds. The smallest absolute Gasteiger partial charge is 0.273 e. The van der Waals surface area contributed by atoms with Gasteiger partial charge in [0.15, 0.2) is 0 Å². The summed E-state index contributed by atoms with van der Waals surface area (Å²) in [6.45, 7) is 3.40. The van der Waals surface area contributed by atoms with E-state index in [1.165, 1.54) is 17.4 Å². The van der Waals surface area contributed by atoms with Crippen LogP contribution in [-0.4, -0.2) is 17.7 Å². The summed E-state index contributed by atoms with van der Waals surface area (Å²) in [5, 5.41) is 4.54. The molecule has 2 heterocycles. The van der Waals surface area contributed by atoms with Crippen molar-refractivity contribution in [3.05, 3.63) is 75.4 Å². The van der Waals surface area contributed by atoms with Crippen LogP contribution in [0.25, 0.3) is 0 Å². The van der Waals surface area contributed by atoms with Gasteiger partial charge < -0.3 is 9.73 Å². The molecule has 0 spiro atoms. The third-order valence-electron chi connectivity index (χ3n) is 3.70. The van der Waals surface area contributed by atoms with Gasteiger partial charge >= 0.3 is 0 Å². The van der Waals surface area contributed by atoms with Crippen molar-refractivity contribution in [2.24, 2.45) is 0 Å². The topological polar surface area (TPSA) is 100 Å². The number of nitrogens with one attached hydrogen (secondary N) is 3. The number of aryl methyl sites for hydroxylation is 2. The summed E-state index contributed by atoms with van der Waals surface area (Å²) in [6, 6.07) is 11.5. The van der Waals surface area contributed by atoms with E-state index in [0.717, 1.165) is 0 Å². The van der Waals surface area contributed by atoms with Gasteiger partial charge in [0.1, 0.15) is 11.5 Å². The third kappa shape index (κ3) is 4.42. The van der Waals surface area contributed by atoms with Crippen molar-refractivity contribution in [1.29, 1.82) is 0 Å².